The first-order valence-corrected chi connectivity index (χ1v) is 5.89. The molecule has 0 heterocycles. The van der Waals surface area contributed by atoms with Gasteiger partial charge in [0, 0.05) is 12.2 Å². The van der Waals surface area contributed by atoms with Crippen molar-refractivity contribution < 1.29 is 0 Å². The van der Waals surface area contributed by atoms with Gasteiger partial charge in [0.15, 0.2) is 0 Å². The summed E-state index contributed by atoms with van der Waals surface area (Å²) in [5.74, 6) is 0.572. The van der Waals surface area contributed by atoms with E-state index < -0.39 is 0 Å². The molecular weight excluding hydrogens is 194 g/mol. The summed E-state index contributed by atoms with van der Waals surface area (Å²) in [5, 5.41) is 3.36. The third kappa shape index (κ3) is 4.83. The van der Waals surface area contributed by atoms with Gasteiger partial charge in [-0.05, 0) is 32.3 Å². The zero-order valence-electron chi connectivity index (χ0n) is 10.2. The highest BCUT2D eigenvalue weighted by Gasteiger charge is 1.98. The molecule has 1 unspecified atom stereocenters. The summed E-state index contributed by atoms with van der Waals surface area (Å²) in [5.41, 5.74) is 1.17. The average molecular weight is 215 g/mol. The summed E-state index contributed by atoms with van der Waals surface area (Å²) in [6.45, 7) is 4.96. The largest absolute Gasteiger partial charge is 0.382 e. The van der Waals surface area contributed by atoms with Crippen molar-refractivity contribution in [1.29, 1.82) is 0 Å². The lowest BCUT2D eigenvalue weighted by atomic mass is 10.0. The Morgan fingerprint density at radius 2 is 2.25 bits per heavy atom. The standard InChI is InChI=1S/C15H21N/c1-3-9-15(4-2)16-13-8-12-14-10-6-5-7-11-14/h3-10,12,14,16H,11,13H2,1-2H3/b9-3-,12-8+,15-4+. The van der Waals surface area contributed by atoms with Crippen molar-refractivity contribution in [3.8, 4) is 0 Å². The van der Waals surface area contributed by atoms with Gasteiger partial charge in [-0.25, -0.2) is 0 Å². The minimum absolute atomic E-state index is 0.572. The number of hydrogen-bond donors (Lipinski definition) is 1. The second kappa shape index (κ2) is 7.75. The van der Waals surface area contributed by atoms with Crippen molar-refractivity contribution >= 4 is 0 Å². The van der Waals surface area contributed by atoms with Gasteiger partial charge in [-0.2, -0.15) is 0 Å². The Morgan fingerprint density at radius 1 is 1.38 bits per heavy atom. The van der Waals surface area contributed by atoms with Crippen molar-refractivity contribution in [3.63, 3.8) is 0 Å². The summed E-state index contributed by atoms with van der Waals surface area (Å²) in [4.78, 5) is 0. The molecule has 0 saturated heterocycles. The molecule has 1 aliphatic carbocycles. The smallest absolute Gasteiger partial charge is 0.0330 e. The van der Waals surface area contributed by atoms with E-state index in [0.29, 0.717) is 5.92 Å². The lowest BCUT2D eigenvalue weighted by Crippen LogP contribution is -2.11. The predicted octanol–water partition coefficient (Wildman–Crippen LogP) is 3.74. The summed E-state index contributed by atoms with van der Waals surface area (Å²) in [6.07, 6.45) is 20.4. The average Bonchev–Trinajstić information content (AvgIpc) is 2.34. The van der Waals surface area contributed by atoms with Crippen molar-refractivity contribution in [2.45, 2.75) is 20.3 Å². The molecule has 0 fully saturated rings. The monoisotopic (exact) mass is 215 g/mol. The topological polar surface area (TPSA) is 12.0 Å². The zero-order valence-corrected chi connectivity index (χ0v) is 10.2. The molecule has 1 nitrogen and oxygen atoms in total. The van der Waals surface area contributed by atoms with Crippen LogP contribution in [0.4, 0.5) is 0 Å². The van der Waals surface area contributed by atoms with E-state index in [1.165, 1.54) is 5.70 Å². The molecule has 0 aliphatic heterocycles. The second-order valence-corrected chi connectivity index (χ2v) is 3.77. The maximum Gasteiger partial charge on any atom is 0.0330 e. The van der Waals surface area contributed by atoms with E-state index >= 15 is 0 Å². The van der Waals surface area contributed by atoms with Crippen LogP contribution in [0.5, 0.6) is 0 Å². The second-order valence-electron chi connectivity index (χ2n) is 3.77. The predicted molar refractivity (Wildman–Crippen MR) is 72.1 cm³/mol. The first-order chi connectivity index (χ1) is 7.86. The Morgan fingerprint density at radius 3 is 2.88 bits per heavy atom. The van der Waals surface area contributed by atoms with Gasteiger partial charge < -0.3 is 5.32 Å². The van der Waals surface area contributed by atoms with Gasteiger partial charge >= 0.3 is 0 Å². The lowest BCUT2D eigenvalue weighted by molar-refractivity contribution is 0.812. The van der Waals surface area contributed by atoms with Gasteiger partial charge in [-0.1, -0.05) is 48.6 Å². The number of allylic oxidation sites excluding steroid dienone is 8. The van der Waals surface area contributed by atoms with E-state index in [1.807, 2.05) is 19.9 Å². The van der Waals surface area contributed by atoms with Crippen LogP contribution in [0.2, 0.25) is 0 Å². The van der Waals surface area contributed by atoms with Crippen molar-refractivity contribution in [2.75, 3.05) is 6.54 Å². The van der Waals surface area contributed by atoms with Crippen LogP contribution in [-0.4, -0.2) is 6.54 Å². The first-order valence-electron chi connectivity index (χ1n) is 5.89. The van der Waals surface area contributed by atoms with Crippen LogP contribution in [0.15, 0.2) is 60.4 Å². The van der Waals surface area contributed by atoms with Gasteiger partial charge in [-0.15, -0.1) is 0 Å². The van der Waals surface area contributed by atoms with E-state index in [9.17, 15) is 0 Å². The normalized spacial score (nSPS) is 21.1. The fourth-order valence-corrected chi connectivity index (χ4v) is 1.60. The maximum atomic E-state index is 3.36. The summed E-state index contributed by atoms with van der Waals surface area (Å²) >= 11 is 0. The molecule has 1 aliphatic rings. The van der Waals surface area contributed by atoms with Crippen LogP contribution < -0.4 is 5.32 Å². The number of hydrogen-bond acceptors (Lipinski definition) is 1. The fraction of sp³-hybridized carbons (Fsp3) is 0.333. The van der Waals surface area contributed by atoms with Crippen LogP contribution in [0.25, 0.3) is 0 Å². The highest BCUT2D eigenvalue weighted by atomic mass is 14.9. The highest BCUT2D eigenvalue weighted by molar-refractivity contribution is 5.17. The Bertz CT molecular complexity index is 329. The Hall–Kier alpha value is -1.50. The zero-order chi connectivity index (χ0) is 11.6. The van der Waals surface area contributed by atoms with Gasteiger partial charge in [-0.3, -0.25) is 0 Å². The third-order valence-electron chi connectivity index (χ3n) is 2.48. The summed E-state index contributed by atoms with van der Waals surface area (Å²) in [7, 11) is 0. The number of rotatable bonds is 5. The molecule has 86 valence electrons. The molecule has 0 aromatic heterocycles. The van der Waals surface area contributed by atoms with Crippen molar-refractivity contribution in [1.82, 2.24) is 5.32 Å². The minimum Gasteiger partial charge on any atom is -0.382 e. The lowest BCUT2D eigenvalue weighted by Gasteiger charge is -2.07. The molecule has 0 bridgehead atoms. The molecule has 1 N–H and O–H groups in total. The van der Waals surface area contributed by atoms with E-state index in [0.717, 1.165) is 13.0 Å². The molecule has 1 heteroatoms. The molecule has 0 aromatic rings. The quantitative estimate of drug-likeness (QED) is 0.544. The maximum absolute atomic E-state index is 3.36. The Balaban J connectivity index is 2.26. The SMILES string of the molecule is C/C=C\C(=C/C)NC/C=C/C1C=CC=CC1. The van der Waals surface area contributed by atoms with Gasteiger partial charge in [0.05, 0.1) is 0 Å². The molecule has 1 atom stereocenters. The van der Waals surface area contributed by atoms with Crippen molar-refractivity contribution in [2.24, 2.45) is 5.92 Å². The fourth-order valence-electron chi connectivity index (χ4n) is 1.60. The summed E-state index contributed by atoms with van der Waals surface area (Å²) in [6, 6.07) is 0. The van der Waals surface area contributed by atoms with Crippen molar-refractivity contribution in [3.05, 3.63) is 60.4 Å². The van der Waals surface area contributed by atoms with Gasteiger partial charge in [0.25, 0.3) is 0 Å². The van der Waals surface area contributed by atoms with E-state index in [-0.39, 0.29) is 0 Å². The van der Waals surface area contributed by atoms with E-state index in [2.05, 4.69) is 53.9 Å². The Kier molecular flexibility index (Phi) is 6.09. The van der Waals surface area contributed by atoms with E-state index in [4.69, 9.17) is 0 Å². The number of nitrogens with one attached hydrogen (secondary N) is 1. The summed E-state index contributed by atoms with van der Waals surface area (Å²) < 4.78 is 0. The molecule has 0 radical (unpaired) electrons. The van der Waals surface area contributed by atoms with Crippen LogP contribution in [0.1, 0.15) is 20.3 Å². The molecular formula is C15H21N. The molecule has 0 amide bonds. The minimum atomic E-state index is 0.572. The van der Waals surface area contributed by atoms with Crippen LogP contribution in [0.3, 0.4) is 0 Å². The molecule has 1 rings (SSSR count). The molecule has 0 spiro atoms. The van der Waals surface area contributed by atoms with Gasteiger partial charge in [0.2, 0.25) is 0 Å². The molecule has 0 aromatic carbocycles. The van der Waals surface area contributed by atoms with E-state index in [1.54, 1.807) is 0 Å². The Labute approximate surface area is 98.9 Å². The molecule has 16 heavy (non-hydrogen) atoms. The van der Waals surface area contributed by atoms with Crippen LogP contribution in [-0.2, 0) is 0 Å². The molecule has 0 saturated carbocycles. The first kappa shape index (κ1) is 12.6. The van der Waals surface area contributed by atoms with Gasteiger partial charge in [0.1, 0.15) is 0 Å². The van der Waals surface area contributed by atoms with Crippen LogP contribution >= 0.6 is 0 Å². The highest BCUT2D eigenvalue weighted by Crippen LogP contribution is 2.12. The third-order valence-corrected chi connectivity index (χ3v) is 2.48. The van der Waals surface area contributed by atoms with Crippen LogP contribution in [0, 0.1) is 5.92 Å².